The molecule has 7 heteroatoms. The van der Waals surface area contributed by atoms with Crippen molar-refractivity contribution in [1.82, 2.24) is 10.6 Å². The fourth-order valence-corrected chi connectivity index (χ4v) is 1.69. The standard InChI is InChI=1S/C10H16N2O4S/c13-8(12-7-1-2-7)3-4-11-9(14)5-17-6-10(15)16/h7H,1-6H2,(H,11,14)(H,12,13)(H,15,16). The van der Waals surface area contributed by atoms with Crippen LogP contribution in [-0.2, 0) is 14.4 Å². The van der Waals surface area contributed by atoms with Gasteiger partial charge in [0.05, 0.1) is 11.5 Å². The summed E-state index contributed by atoms with van der Waals surface area (Å²) in [6.45, 7) is 0.297. The van der Waals surface area contributed by atoms with Crippen molar-refractivity contribution in [2.24, 2.45) is 0 Å². The molecule has 1 fully saturated rings. The zero-order valence-corrected chi connectivity index (χ0v) is 10.2. The maximum atomic E-state index is 11.2. The maximum Gasteiger partial charge on any atom is 0.313 e. The van der Waals surface area contributed by atoms with Gasteiger partial charge >= 0.3 is 5.97 Å². The zero-order valence-electron chi connectivity index (χ0n) is 9.40. The first kappa shape index (κ1) is 13.8. The number of carbonyl (C=O) groups excluding carboxylic acids is 2. The number of aliphatic carboxylic acids is 1. The van der Waals surface area contributed by atoms with E-state index in [-0.39, 0.29) is 29.7 Å². The third-order valence-corrected chi connectivity index (χ3v) is 2.99. The molecule has 0 spiro atoms. The van der Waals surface area contributed by atoms with E-state index in [4.69, 9.17) is 5.11 Å². The molecule has 0 bridgehead atoms. The second-order valence-corrected chi connectivity index (χ2v) is 4.81. The summed E-state index contributed by atoms with van der Waals surface area (Å²) in [5.41, 5.74) is 0. The topological polar surface area (TPSA) is 95.5 Å². The van der Waals surface area contributed by atoms with Crippen LogP contribution in [0, 0.1) is 0 Å². The summed E-state index contributed by atoms with van der Waals surface area (Å²) in [7, 11) is 0. The molecular formula is C10H16N2O4S. The van der Waals surface area contributed by atoms with E-state index in [9.17, 15) is 14.4 Å². The van der Waals surface area contributed by atoms with Gasteiger partial charge in [0.25, 0.3) is 0 Å². The van der Waals surface area contributed by atoms with Gasteiger partial charge in [-0.25, -0.2) is 0 Å². The van der Waals surface area contributed by atoms with E-state index in [0.29, 0.717) is 12.6 Å². The van der Waals surface area contributed by atoms with Gasteiger partial charge in [-0.2, -0.15) is 0 Å². The molecule has 0 aromatic carbocycles. The highest BCUT2D eigenvalue weighted by Crippen LogP contribution is 2.18. The lowest BCUT2D eigenvalue weighted by Gasteiger charge is -2.05. The molecule has 96 valence electrons. The molecule has 3 N–H and O–H groups in total. The van der Waals surface area contributed by atoms with Crippen molar-refractivity contribution in [2.75, 3.05) is 18.1 Å². The minimum atomic E-state index is -0.938. The first-order valence-corrected chi connectivity index (χ1v) is 6.59. The Bertz CT molecular complexity index is 305. The van der Waals surface area contributed by atoms with Gasteiger partial charge in [-0.1, -0.05) is 0 Å². The van der Waals surface area contributed by atoms with Gasteiger partial charge in [0.15, 0.2) is 0 Å². The number of rotatable bonds is 8. The first-order chi connectivity index (χ1) is 8.08. The Labute approximate surface area is 104 Å². The lowest BCUT2D eigenvalue weighted by molar-refractivity contribution is -0.134. The summed E-state index contributed by atoms with van der Waals surface area (Å²) < 4.78 is 0. The fraction of sp³-hybridized carbons (Fsp3) is 0.700. The highest BCUT2D eigenvalue weighted by Gasteiger charge is 2.22. The van der Waals surface area contributed by atoms with Crippen LogP contribution in [0.3, 0.4) is 0 Å². The third-order valence-electron chi connectivity index (χ3n) is 2.08. The second-order valence-electron chi connectivity index (χ2n) is 3.83. The van der Waals surface area contributed by atoms with Crippen molar-refractivity contribution >= 4 is 29.5 Å². The van der Waals surface area contributed by atoms with E-state index in [1.165, 1.54) is 0 Å². The number of carboxylic acids is 1. The lowest BCUT2D eigenvalue weighted by Crippen LogP contribution is -2.32. The van der Waals surface area contributed by atoms with Crippen LogP contribution in [0.5, 0.6) is 0 Å². The monoisotopic (exact) mass is 260 g/mol. The highest BCUT2D eigenvalue weighted by molar-refractivity contribution is 8.00. The molecule has 0 heterocycles. The van der Waals surface area contributed by atoms with Crippen LogP contribution < -0.4 is 10.6 Å². The number of thioether (sulfide) groups is 1. The van der Waals surface area contributed by atoms with E-state index in [2.05, 4.69) is 10.6 Å². The van der Waals surface area contributed by atoms with Gasteiger partial charge in [-0.3, -0.25) is 14.4 Å². The predicted molar refractivity (Wildman–Crippen MR) is 63.8 cm³/mol. The average Bonchev–Trinajstić information content (AvgIpc) is 3.01. The lowest BCUT2D eigenvalue weighted by atomic mass is 10.4. The van der Waals surface area contributed by atoms with Crippen molar-refractivity contribution in [3.63, 3.8) is 0 Å². The van der Waals surface area contributed by atoms with Crippen molar-refractivity contribution in [3.8, 4) is 0 Å². The number of hydrogen-bond acceptors (Lipinski definition) is 4. The molecule has 1 aliphatic rings. The minimum Gasteiger partial charge on any atom is -0.481 e. The molecule has 0 unspecified atom stereocenters. The molecule has 0 radical (unpaired) electrons. The van der Waals surface area contributed by atoms with Crippen molar-refractivity contribution in [2.45, 2.75) is 25.3 Å². The van der Waals surface area contributed by atoms with E-state index in [1.807, 2.05) is 0 Å². The van der Waals surface area contributed by atoms with Crippen LogP contribution >= 0.6 is 11.8 Å². The van der Waals surface area contributed by atoms with Gasteiger partial charge in [0, 0.05) is 19.0 Å². The van der Waals surface area contributed by atoms with Gasteiger partial charge in [-0.05, 0) is 12.8 Å². The smallest absolute Gasteiger partial charge is 0.313 e. The van der Waals surface area contributed by atoms with Crippen molar-refractivity contribution < 1.29 is 19.5 Å². The van der Waals surface area contributed by atoms with Crippen LogP contribution in [0.1, 0.15) is 19.3 Å². The van der Waals surface area contributed by atoms with Crippen molar-refractivity contribution in [3.05, 3.63) is 0 Å². The molecule has 1 aliphatic carbocycles. The Kier molecular flexibility index (Phi) is 5.82. The molecule has 0 saturated heterocycles. The van der Waals surface area contributed by atoms with E-state index < -0.39 is 5.97 Å². The number of nitrogens with one attached hydrogen (secondary N) is 2. The molecule has 1 saturated carbocycles. The highest BCUT2D eigenvalue weighted by atomic mass is 32.2. The molecular weight excluding hydrogens is 244 g/mol. The minimum absolute atomic E-state index is 0.0500. The van der Waals surface area contributed by atoms with E-state index in [1.54, 1.807) is 0 Å². The number of carbonyl (C=O) groups is 3. The first-order valence-electron chi connectivity index (χ1n) is 5.43. The normalized spacial score (nSPS) is 14.1. The summed E-state index contributed by atoms with van der Waals surface area (Å²) >= 11 is 1.04. The Morgan fingerprint density at radius 3 is 2.47 bits per heavy atom. The molecule has 1 rings (SSSR count). The molecule has 6 nitrogen and oxygen atoms in total. The van der Waals surface area contributed by atoms with Crippen LogP contribution in [0.15, 0.2) is 0 Å². The SMILES string of the molecule is O=C(O)CSCC(=O)NCCC(=O)NC1CC1. The molecule has 0 aliphatic heterocycles. The molecule has 0 aromatic rings. The summed E-state index contributed by atoms with van der Waals surface area (Å²) in [6, 6.07) is 0.337. The average molecular weight is 260 g/mol. The number of hydrogen-bond donors (Lipinski definition) is 3. The van der Waals surface area contributed by atoms with Gasteiger partial charge in [-0.15, -0.1) is 11.8 Å². The van der Waals surface area contributed by atoms with Gasteiger partial charge in [0.2, 0.25) is 11.8 Å². The second kappa shape index (κ2) is 7.16. The van der Waals surface area contributed by atoms with Crippen LogP contribution in [0.25, 0.3) is 0 Å². The molecule has 17 heavy (non-hydrogen) atoms. The quantitative estimate of drug-likeness (QED) is 0.551. The summed E-state index contributed by atoms with van der Waals surface area (Å²) in [5, 5.41) is 13.7. The summed E-state index contributed by atoms with van der Waals surface area (Å²) in [6.07, 6.45) is 2.36. The summed E-state index contributed by atoms with van der Waals surface area (Å²) in [4.78, 5) is 32.6. The number of carboxylic acid groups (broad SMARTS) is 1. The Hall–Kier alpha value is -1.24. The van der Waals surface area contributed by atoms with E-state index in [0.717, 1.165) is 24.6 Å². The molecule has 2 amide bonds. The third kappa shape index (κ3) is 7.62. The largest absolute Gasteiger partial charge is 0.481 e. The van der Waals surface area contributed by atoms with Gasteiger partial charge in [0.1, 0.15) is 0 Å². The Morgan fingerprint density at radius 2 is 1.88 bits per heavy atom. The van der Waals surface area contributed by atoms with Crippen LogP contribution in [0.4, 0.5) is 0 Å². The van der Waals surface area contributed by atoms with Crippen LogP contribution in [-0.4, -0.2) is 47.0 Å². The predicted octanol–water partition coefficient (Wildman–Crippen LogP) is -0.411. The van der Waals surface area contributed by atoms with Gasteiger partial charge < -0.3 is 15.7 Å². The Balaban J connectivity index is 1.95. The van der Waals surface area contributed by atoms with E-state index >= 15 is 0 Å². The molecule has 0 atom stereocenters. The fourth-order valence-electron chi connectivity index (χ4n) is 1.13. The summed E-state index contributed by atoms with van der Waals surface area (Å²) in [5.74, 6) is -1.21. The number of amides is 2. The van der Waals surface area contributed by atoms with Crippen LogP contribution in [0.2, 0.25) is 0 Å². The maximum absolute atomic E-state index is 11.2. The Morgan fingerprint density at radius 1 is 1.18 bits per heavy atom. The van der Waals surface area contributed by atoms with Crippen molar-refractivity contribution in [1.29, 1.82) is 0 Å². The zero-order chi connectivity index (χ0) is 12.7. The molecule has 0 aromatic heterocycles.